The number of hydrogen-bond acceptors (Lipinski definition) is 5. The Morgan fingerprint density at radius 1 is 1.14 bits per heavy atom. The smallest absolute Gasteiger partial charge is 0.315 e. The molecule has 0 bridgehead atoms. The third-order valence-corrected chi connectivity index (χ3v) is 7.38. The quantitative estimate of drug-likeness (QED) is 0.755. The first-order valence-electron chi connectivity index (χ1n) is 9.92. The molecule has 10 heteroatoms. The number of carbonyl (C=O) groups is 1. The van der Waals surface area contributed by atoms with Crippen molar-refractivity contribution < 1.29 is 13.2 Å². The molecule has 1 saturated carbocycles. The highest BCUT2D eigenvalue weighted by atomic mass is 32.2. The minimum absolute atomic E-state index is 0.157. The summed E-state index contributed by atoms with van der Waals surface area (Å²) in [4.78, 5) is 12.2. The summed E-state index contributed by atoms with van der Waals surface area (Å²) in [6.07, 6.45) is 6.24. The van der Waals surface area contributed by atoms with E-state index in [9.17, 15) is 13.2 Å². The van der Waals surface area contributed by atoms with Crippen molar-refractivity contribution in [2.75, 3.05) is 19.6 Å². The largest absolute Gasteiger partial charge is 0.336 e. The van der Waals surface area contributed by atoms with E-state index in [1.165, 1.54) is 17.1 Å². The topological polar surface area (TPSA) is 109 Å². The molecular formula is C18H26N6O3S. The molecule has 4 rings (SSSR count). The predicted octanol–water partition coefficient (Wildman–Crippen LogP) is 1.46. The second-order valence-electron chi connectivity index (χ2n) is 7.46. The normalized spacial score (nSPS) is 18.7. The van der Waals surface area contributed by atoms with Crippen LogP contribution in [0.3, 0.4) is 0 Å². The van der Waals surface area contributed by atoms with Gasteiger partial charge in [-0.1, -0.05) is 18.1 Å². The van der Waals surface area contributed by atoms with Crippen molar-refractivity contribution in [3.05, 3.63) is 18.2 Å². The Kier molecular flexibility index (Phi) is 5.49. The Labute approximate surface area is 164 Å². The molecule has 0 radical (unpaired) electrons. The number of hydrogen-bond donors (Lipinski definition) is 2. The number of fused-ring (bicyclic) bond motifs is 1. The van der Waals surface area contributed by atoms with Gasteiger partial charge in [-0.25, -0.2) is 17.9 Å². The van der Waals surface area contributed by atoms with Crippen molar-refractivity contribution in [3.63, 3.8) is 0 Å². The SMILES string of the molecule is O=C(NCCn1nnc2cc(S(=O)(=O)N3CCCC3)ccc21)NC1CCCC1. The van der Waals surface area contributed by atoms with Crippen LogP contribution in [0.25, 0.3) is 11.0 Å². The van der Waals surface area contributed by atoms with Gasteiger partial charge in [0.05, 0.1) is 17.0 Å². The van der Waals surface area contributed by atoms with Gasteiger partial charge in [-0.15, -0.1) is 5.10 Å². The van der Waals surface area contributed by atoms with Crippen LogP contribution in [0, 0.1) is 0 Å². The van der Waals surface area contributed by atoms with Crippen molar-refractivity contribution in [2.45, 2.75) is 56.0 Å². The van der Waals surface area contributed by atoms with Crippen LogP contribution in [-0.2, 0) is 16.6 Å². The number of urea groups is 1. The summed E-state index contributed by atoms with van der Waals surface area (Å²) in [5.41, 5.74) is 1.29. The van der Waals surface area contributed by atoms with E-state index in [1.54, 1.807) is 22.9 Å². The maximum Gasteiger partial charge on any atom is 0.315 e. The molecule has 0 atom stereocenters. The lowest BCUT2D eigenvalue weighted by Crippen LogP contribution is -2.42. The van der Waals surface area contributed by atoms with E-state index in [0.717, 1.165) is 31.2 Å². The van der Waals surface area contributed by atoms with Crippen LogP contribution < -0.4 is 10.6 Å². The van der Waals surface area contributed by atoms with Gasteiger partial charge in [0, 0.05) is 25.7 Å². The average molecular weight is 407 g/mol. The summed E-state index contributed by atoms with van der Waals surface area (Å²) in [7, 11) is -3.47. The van der Waals surface area contributed by atoms with E-state index < -0.39 is 10.0 Å². The monoisotopic (exact) mass is 406 g/mol. The van der Waals surface area contributed by atoms with Crippen molar-refractivity contribution >= 4 is 27.1 Å². The Bertz CT molecular complexity index is 945. The average Bonchev–Trinajstić information content (AvgIpc) is 3.43. The zero-order chi connectivity index (χ0) is 19.6. The van der Waals surface area contributed by atoms with E-state index in [4.69, 9.17) is 0 Å². The molecule has 1 saturated heterocycles. The van der Waals surface area contributed by atoms with Crippen LogP contribution in [-0.4, -0.2) is 59.4 Å². The van der Waals surface area contributed by atoms with Gasteiger partial charge in [0.1, 0.15) is 5.52 Å². The van der Waals surface area contributed by atoms with Gasteiger partial charge in [0.2, 0.25) is 10.0 Å². The molecule has 2 heterocycles. The van der Waals surface area contributed by atoms with E-state index in [1.807, 2.05) is 0 Å². The number of nitrogens with one attached hydrogen (secondary N) is 2. The Hall–Kier alpha value is -2.20. The second-order valence-corrected chi connectivity index (χ2v) is 9.39. The van der Waals surface area contributed by atoms with Gasteiger partial charge < -0.3 is 10.6 Å². The number of nitrogens with zero attached hydrogens (tertiary/aromatic N) is 4. The van der Waals surface area contributed by atoms with E-state index in [2.05, 4.69) is 20.9 Å². The fourth-order valence-electron chi connectivity index (χ4n) is 3.94. The molecule has 2 aromatic rings. The maximum absolute atomic E-state index is 12.7. The van der Waals surface area contributed by atoms with Crippen LogP contribution in [0.2, 0.25) is 0 Å². The third-order valence-electron chi connectivity index (χ3n) is 5.49. The lowest BCUT2D eigenvalue weighted by atomic mass is 10.2. The molecule has 1 aromatic carbocycles. The number of rotatable bonds is 6. The fourth-order valence-corrected chi connectivity index (χ4v) is 5.47. The van der Waals surface area contributed by atoms with Crippen LogP contribution >= 0.6 is 0 Å². The van der Waals surface area contributed by atoms with Gasteiger partial charge in [-0.2, -0.15) is 4.31 Å². The predicted molar refractivity (Wildman–Crippen MR) is 104 cm³/mol. The Balaban J connectivity index is 1.38. The maximum atomic E-state index is 12.7. The second kappa shape index (κ2) is 8.04. The molecule has 28 heavy (non-hydrogen) atoms. The van der Waals surface area contributed by atoms with Crippen LogP contribution in [0.5, 0.6) is 0 Å². The first kappa shape index (κ1) is 19.1. The first-order valence-corrected chi connectivity index (χ1v) is 11.4. The van der Waals surface area contributed by atoms with Gasteiger partial charge >= 0.3 is 6.03 Å². The molecule has 0 unspecified atom stereocenters. The molecule has 9 nitrogen and oxygen atoms in total. The molecule has 1 aliphatic carbocycles. The summed E-state index contributed by atoms with van der Waals surface area (Å²) in [6.45, 7) is 2.03. The van der Waals surface area contributed by atoms with Crippen LogP contribution in [0.1, 0.15) is 38.5 Å². The van der Waals surface area contributed by atoms with E-state index in [0.29, 0.717) is 31.7 Å². The summed E-state index contributed by atoms with van der Waals surface area (Å²) in [6, 6.07) is 5.04. The molecule has 2 fully saturated rings. The molecule has 0 spiro atoms. The van der Waals surface area contributed by atoms with E-state index in [-0.39, 0.29) is 17.0 Å². The molecular weight excluding hydrogens is 380 g/mol. The molecule has 1 aliphatic heterocycles. The summed E-state index contributed by atoms with van der Waals surface area (Å²) >= 11 is 0. The Morgan fingerprint density at radius 3 is 2.64 bits per heavy atom. The number of aromatic nitrogens is 3. The van der Waals surface area contributed by atoms with Crippen molar-refractivity contribution in [3.8, 4) is 0 Å². The minimum Gasteiger partial charge on any atom is -0.336 e. The number of amides is 2. The first-order chi connectivity index (χ1) is 13.5. The fraction of sp³-hybridized carbons (Fsp3) is 0.611. The molecule has 2 amide bonds. The van der Waals surface area contributed by atoms with Gasteiger partial charge in [0.15, 0.2) is 0 Å². The lowest BCUT2D eigenvalue weighted by Gasteiger charge is -2.15. The number of sulfonamides is 1. The lowest BCUT2D eigenvalue weighted by molar-refractivity contribution is 0.236. The van der Waals surface area contributed by atoms with E-state index >= 15 is 0 Å². The van der Waals surface area contributed by atoms with Crippen molar-refractivity contribution in [1.29, 1.82) is 0 Å². The number of carbonyl (C=O) groups excluding carboxylic acids is 1. The standard InChI is InChI=1S/C18H26N6O3S/c25-18(20-14-5-1-2-6-14)19-9-12-24-17-8-7-15(13-16(17)21-22-24)28(26,27)23-10-3-4-11-23/h7-8,13-14H,1-6,9-12H2,(H2,19,20,25). The Morgan fingerprint density at radius 2 is 1.89 bits per heavy atom. The summed E-state index contributed by atoms with van der Waals surface area (Å²) in [5, 5.41) is 14.0. The molecule has 2 aliphatic rings. The molecule has 2 N–H and O–H groups in total. The zero-order valence-corrected chi connectivity index (χ0v) is 16.6. The highest BCUT2D eigenvalue weighted by Crippen LogP contribution is 2.23. The van der Waals surface area contributed by atoms with Crippen LogP contribution in [0.15, 0.2) is 23.1 Å². The van der Waals surface area contributed by atoms with Crippen molar-refractivity contribution in [2.24, 2.45) is 0 Å². The summed E-state index contributed by atoms with van der Waals surface area (Å²) < 4.78 is 28.6. The zero-order valence-electron chi connectivity index (χ0n) is 15.8. The van der Waals surface area contributed by atoms with Crippen molar-refractivity contribution in [1.82, 2.24) is 29.9 Å². The highest BCUT2D eigenvalue weighted by Gasteiger charge is 2.27. The van der Waals surface area contributed by atoms with Gasteiger partial charge in [-0.05, 0) is 43.9 Å². The minimum atomic E-state index is -3.47. The number of benzene rings is 1. The van der Waals surface area contributed by atoms with Gasteiger partial charge in [-0.3, -0.25) is 0 Å². The molecule has 1 aromatic heterocycles. The highest BCUT2D eigenvalue weighted by molar-refractivity contribution is 7.89. The molecule has 152 valence electrons. The summed E-state index contributed by atoms with van der Waals surface area (Å²) in [5.74, 6) is 0. The van der Waals surface area contributed by atoms with Gasteiger partial charge in [0.25, 0.3) is 0 Å². The third kappa shape index (κ3) is 3.97. The van der Waals surface area contributed by atoms with Crippen LogP contribution in [0.4, 0.5) is 4.79 Å².